The van der Waals surface area contributed by atoms with Crippen molar-refractivity contribution >= 4 is 28.5 Å². The van der Waals surface area contributed by atoms with E-state index in [9.17, 15) is 0 Å². The fourth-order valence-electron chi connectivity index (χ4n) is 1.94. The van der Waals surface area contributed by atoms with Crippen molar-refractivity contribution in [2.75, 3.05) is 19.1 Å². The lowest BCUT2D eigenvalue weighted by Crippen LogP contribution is -2.36. The number of nitrogens with zero attached hydrogens (tertiary/aromatic N) is 2. The second-order valence-corrected chi connectivity index (χ2v) is 4.42. The summed E-state index contributed by atoms with van der Waals surface area (Å²) in [6, 6.07) is 0.754. The van der Waals surface area contributed by atoms with E-state index in [1.54, 1.807) is 11.8 Å². The van der Waals surface area contributed by atoms with Crippen LogP contribution < -0.4 is 0 Å². The van der Waals surface area contributed by atoms with Crippen molar-refractivity contribution in [1.29, 1.82) is 0 Å². The molecule has 1 saturated heterocycles. The van der Waals surface area contributed by atoms with E-state index in [4.69, 9.17) is 16.3 Å². The van der Waals surface area contributed by atoms with Crippen molar-refractivity contribution in [3.8, 4) is 0 Å². The summed E-state index contributed by atoms with van der Waals surface area (Å²) in [5.74, 6) is 0.565. The molecule has 3 heterocycles. The van der Waals surface area contributed by atoms with Gasteiger partial charge >= 0.3 is 0 Å². The SMILES string of the molecule is ClCC1=CSC2=N[C@H]3COC[C@H]3N12. The van der Waals surface area contributed by atoms with E-state index in [0.717, 1.165) is 18.4 Å². The van der Waals surface area contributed by atoms with Crippen LogP contribution >= 0.6 is 23.4 Å². The first-order chi connectivity index (χ1) is 6.40. The maximum atomic E-state index is 5.85. The summed E-state index contributed by atoms with van der Waals surface area (Å²) in [5.41, 5.74) is 1.17. The van der Waals surface area contributed by atoms with Crippen LogP contribution in [0.2, 0.25) is 0 Å². The molecule has 1 fully saturated rings. The largest absolute Gasteiger partial charge is 0.377 e. The second-order valence-electron chi connectivity index (χ2n) is 3.31. The molecule has 0 amide bonds. The smallest absolute Gasteiger partial charge is 0.168 e. The third-order valence-corrected chi connectivity index (χ3v) is 3.76. The molecule has 0 radical (unpaired) electrons. The number of rotatable bonds is 1. The number of amidine groups is 1. The minimum absolute atomic E-state index is 0.342. The van der Waals surface area contributed by atoms with Gasteiger partial charge in [0.15, 0.2) is 5.17 Å². The predicted molar refractivity (Wildman–Crippen MR) is 54.1 cm³/mol. The van der Waals surface area contributed by atoms with Crippen LogP contribution in [-0.2, 0) is 4.74 Å². The topological polar surface area (TPSA) is 24.8 Å². The summed E-state index contributed by atoms with van der Waals surface area (Å²) in [7, 11) is 0. The second kappa shape index (κ2) is 2.90. The number of fused-ring (bicyclic) bond motifs is 3. The van der Waals surface area contributed by atoms with Gasteiger partial charge in [-0.25, -0.2) is 0 Å². The predicted octanol–water partition coefficient (Wildman–Crippen LogP) is 1.25. The molecule has 5 heteroatoms. The molecular weight excluding hydrogens is 208 g/mol. The Balaban J connectivity index is 1.92. The number of allylic oxidation sites excluding steroid dienone is 1. The van der Waals surface area contributed by atoms with Crippen molar-refractivity contribution in [1.82, 2.24) is 4.90 Å². The molecule has 0 saturated carbocycles. The average Bonchev–Trinajstić information content (AvgIpc) is 2.72. The molecule has 70 valence electrons. The highest BCUT2D eigenvalue weighted by atomic mass is 35.5. The number of hydrogen-bond donors (Lipinski definition) is 0. The summed E-state index contributed by atoms with van der Waals surface area (Å²) >= 11 is 7.52. The van der Waals surface area contributed by atoms with Crippen molar-refractivity contribution in [2.45, 2.75) is 12.1 Å². The minimum Gasteiger partial charge on any atom is -0.377 e. The van der Waals surface area contributed by atoms with E-state index in [2.05, 4.69) is 15.3 Å². The molecule has 0 aromatic rings. The lowest BCUT2D eigenvalue weighted by Gasteiger charge is -2.22. The molecule has 0 aromatic carbocycles. The molecule has 3 aliphatic heterocycles. The van der Waals surface area contributed by atoms with Gasteiger partial charge in [-0.2, -0.15) is 0 Å². The van der Waals surface area contributed by atoms with Gasteiger partial charge in [-0.05, 0) is 5.41 Å². The third kappa shape index (κ3) is 1.06. The quantitative estimate of drug-likeness (QED) is 0.617. The number of alkyl halides is 1. The van der Waals surface area contributed by atoms with Crippen LogP contribution in [0.3, 0.4) is 0 Å². The molecule has 3 rings (SSSR count). The minimum atomic E-state index is 0.342. The Labute approximate surface area is 85.8 Å². The van der Waals surface area contributed by atoms with Gasteiger partial charge in [-0.3, -0.25) is 4.99 Å². The molecule has 3 aliphatic rings. The van der Waals surface area contributed by atoms with E-state index >= 15 is 0 Å². The van der Waals surface area contributed by atoms with Crippen molar-refractivity contribution in [2.24, 2.45) is 4.99 Å². The zero-order valence-corrected chi connectivity index (χ0v) is 8.51. The Hall–Kier alpha value is -0.190. The van der Waals surface area contributed by atoms with E-state index in [1.165, 1.54) is 5.70 Å². The molecule has 0 spiro atoms. The maximum absolute atomic E-state index is 5.85. The van der Waals surface area contributed by atoms with Crippen LogP contribution in [0.1, 0.15) is 0 Å². The van der Waals surface area contributed by atoms with Gasteiger partial charge in [0.25, 0.3) is 0 Å². The molecular formula is C8H9ClN2OS. The van der Waals surface area contributed by atoms with Gasteiger partial charge in [0, 0.05) is 5.70 Å². The third-order valence-electron chi connectivity index (χ3n) is 2.58. The average molecular weight is 217 g/mol. The van der Waals surface area contributed by atoms with Crippen molar-refractivity contribution in [3.63, 3.8) is 0 Å². The van der Waals surface area contributed by atoms with E-state index in [-0.39, 0.29) is 0 Å². The van der Waals surface area contributed by atoms with E-state index in [0.29, 0.717) is 18.0 Å². The fraction of sp³-hybridized carbons (Fsp3) is 0.625. The Kier molecular flexibility index (Phi) is 1.82. The summed E-state index contributed by atoms with van der Waals surface area (Å²) in [6.07, 6.45) is 0. The van der Waals surface area contributed by atoms with Crippen LogP contribution in [0.4, 0.5) is 0 Å². The fourth-order valence-corrected chi connectivity index (χ4v) is 3.24. The Morgan fingerprint density at radius 2 is 2.62 bits per heavy atom. The number of halogens is 1. The maximum Gasteiger partial charge on any atom is 0.168 e. The number of aliphatic imine (C=N–C) groups is 1. The van der Waals surface area contributed by atoms with Crippen LogP contribution in [0.15, 0.2) is 16.1 Å². The van der Waals surface area contributed by atoms with Crippen LogP contribution in [0.5, 0.6) is 0 Å². The van der Waals surface area contributed by atoms with Gasteiger partial charge in [0.1, 0.15) is 0 Å². The number of hydrogen-bond acceptors (Lipinski definition) is 4. The molecule has 0 aliphatic carbocycles. The molecule has 0 aromatic heterocycles. The zero-order valence-electron chi connectivity index (χ0n) is 6.94. The molecule has 13 heavy (non-hydrogen) atoms. The number of ether oxygens (including phenoxy) is 1. The standard InChI is InChI=1S/C8H9ClN2OS/c9-1-5-4-13-8-10-6-2-12-3-7(6)11(5)8/h4,6-7H,1-3H2/t6-,7+/m0/s1. The Morgan fingerprint density at radius 3 is 3.46 bits per heavy atom. The van der Waals surface area contributed by atoms with Gasteiger partial charge in [0.2, 0.25) is 0 Å². The first-order valence-corrected chi connectivity index (χ1v) is 5.68. The highest BCUT2D eigenvalue weighted by molar-refractivity contribution is 8.16. The normalized spacial score (nSPS) is 35.9. The van der Waals surface area contributed by atoms with E-state index in [1.807, 2.05) is 0 Å². The summed E-state index contributed by atoms with van der Waals surface area (Å²) < 4.78 is 5.38. The van der Waals surface area contributed by atoms with E-state index < -0.39 is 0 Å². The molecule has 0 N–H and O–H groups in total. The molecule has 2 atom stereocenters. The van der Waals surface area contributed by atoms with Gasteiger partial charge < -0.3 is 9.64 Å². The van der Waals surface area contributed by atoms with Gasteiger partial charge in [-0.15, -0.1) is 11.6 Å². The monoisotopic (exact) mass is 216 g/mol. The van der Waals surface area contributed by atoms with Crippen LogP contribution in [0, 0.1) is 0 Å². The first kappa shape index (κ1) is 8.15. The Bertz CT molecular complexity index is 305. The van der Waals surface area contributed by atoms with Crippen molar-refractivity contribution in [3.05, 3.63) is 11.1 Å². The van der Waals surface area contributed by atoms with Crippen molar-refractivity contribution < 1.29 is 4.74 Å². The lowest BCUT2D eigenvalue weighted by atomic mass is 10.2. The molecule has 0 unspecified atom stereocenters. The highest BCUT2D eigenvalue weighted by Gasteiger charge is 2.43. The first-order valence-electron chi connectivity index (χ1n) is 4.26. The van der Waals surface area contributed by atoms with Crippen LogP contribution in [0.25, 0.3) is 0 Å². The van der Waals surface area contributed by atoms with Gasteiger partial charge in [0.05, 0.1) is 31.2 Å². The lowest BCUT2D eigenvalue weighted by molar-refractivity contribution is 0.178. The molecule has 3 nitrogen and oxygen atoms in total. The van der Waals surface area contributed by atoms with Crippen LogP contribution in [-0.4, -0.2) is 41.2 Å². The summed E-state index contributed by atoms with van der Waals surface area (Å²) in [5, 5.41) is 3.19. The molecule has 0 bridgehead atoms. The highest BCUT2D eigenvalue weighted by Crippen LogP contribution is 2.37. The number of thioether (sulfide) groups is 1. The summed E-state index contributed by atoms with van der Waals surface area (Å²) in [6.45, 7) is 1.55. The van der Waals surface area contributed by atoms with Gasteiger partial charge in [-0.1, -0.05) is 11.8 Å². The summed E-state index contributed by atoms with van der Waals surface area (Å²) in [4.78, 5) is 6.81. The Morgan fingerprint density at radius 1 is 1.69 bits per heavy atom. The zero-order chi connectivity index (χ0) is 8.84.